The fourth-order valence-electron chi connectivity index (χ4n) is 4.91. The number of ketones is 1. The number of amides is 2. The number of Topliss-reactive ketones (excluding diaryl/α,β-unsaturated/α-hetero) is 1. The van der Waals surface area contributed by atoms with Gasteiger partial charge in [0.05, 0.1) is 5.92 Å². The highest BCUT2D eigenvalue weighted by Gasteiger charge is 2.38. The standard InChI is InChI=1S/C12H21NO3.C10H17NO3/c1-4-9-5-10(13-8(2)14)6-11(9)12(15)7-16-3;1-3-7-4-8(11-6(2)12)5-9(7)10(13)14/h9-11H,4-7H2,1-3H3,(H,13,14);7-9H,3-5H2,1-2H3,(H,11,12)(H,13,14)/t9-,10+,11+;7-,8+,9+/m11/s1. The summed E-state index contributed by atoms with van der Waals surface area (Å²) in [6.07, 6.45) is 4.90. The second kappa shape index (κ2) is 12.7. The zero-order valence-corrected chi connectivity index (χ0v) is 18.9. The van der Waals surface area contributed by atoms with Gasteiger partial charge >= 0.3 is 5.97 Å². The number of carbonyl (C=O) groups is 4. The van der Waals surface area contributed by atoms with Crippen LogP contribution >= 0.6 is 0 Å². The van der Waals surface area contributed by atoms with Crippen LogP contribution in [0.25, 0.3) is 0 Å². The van der Waals surface area contributed by atoms with Gasteiger partial charge < -0.3 is 20.5 Å². The molecule has 8 heteroatoms. The molecule has 3 N–H and O–H groups in total. The first-order valence-electron chi connectivity index (χ1n) is 10.9. The zero-order valence-electron chi connectivity index (χ0n) is 18.9. The quantitative estimate of drug-likeness (QED) is 0.547. The van der Waals surface area contributed by atoms with Crippen LogP contribution in [0.2, 0.25) is 0 Å². The average Bonchev–Trinajstić information content (AvgIpc) is 3.25. The zero-order chi connectivity index (χ0) is 22.8. The lowest BCUT2D eigenvalue weighted by molar-refractivity contribution is -0.143. The molecule has 0 unspecified atom stereocenters. The number of ether oxygens (including phenoxy) is 1. The van der Waals surface area contributed by atoms with Crippen molar-refractivity contribution in [3.05, 3.63) is 0 Å². The number of carboxylic acids is 1. The van der Waals surface area contributed by atoms with E-state index in [1.54, 1.807) is 7.11 Å². The molecule has 0 aromatic heterocycles. The van der Waals surface area contributed by atoms with Crippen LogP contribution in [0.1, 0.15) is 66.2 Å². The molecule has 2 aliphatic rings. The minimum absolute atomic E-state index is 0.0142. The first-order chi connectivity index (χ1) is 14.1. The highest BCUT2D eigenvalue weighted by molar-refractivity contribution is 5.83. The molecule has 0 aliphatic heterocycles. The van der Waals surface area contributed by atoms with Crippen LogP contribution in [-0.4, -0.2) is 54.5 Å². The van der Waals surface area contributed by atoms with Gasteiger partial charge in [0.25, 0.3) is 0 Å². The van der Waals surface area contributed by atoms with Crippen LogP contribution < -0.4 is 10.6 Å². The van der Waals surface area contributed by atoms with Gasteiger partial charge in [-0.2, -0.15) is 0 Å². The maximum Gasteiger partial charge on any atom is 0.306 e. The summed E-state index contributed by atoms with van der Waals surface area (Å²) in [6, 6.07) is 0.215. The summed E-state index contributed by atoms with van der Waals surface area (Å²) >= 11 is 0. The Balaban J connectivity index is 0.000000303. The molecule has 30 heavy (non-hydrogen) atoms. The van der Waals surface area contributed by atoms with E-state index in [1.165, 1.54) is 13.8 Å². The second-order valence-corrected chi connectivity index (χ2v) is 8.52. The van der Waals surface area contributed by atoms with Crippen LogP contribution in [0.15, 0.2) is 0 Å². The smallest absolute Gasteiger partial charge is 0.306 e. The van der Waals surface area contributed by atoms with Crippen molar-refractivity contribution in [3.8, 4) is 0 Å². The molecule has 2 saturated carbocycles. The minimum Gasteiger partial charge on any atom is -0.481 e. The van der Waals surface area contributed by atoms with E-state index in [2.05, 4.69) is 17.6 Å². The average molecular weight is 427 g/mol. The number of nitrogens with one attached hydrogen (secondary N) is 2. The van der Waals surface area contributed by atoms with Gasteiger partial charge in [0.15, 0.2) is 5.78 Å². The molecule has 8 nitrogen and oxygen atoms in total. The van der Waals surface area contributed by atoms with E-state index >= 15 is 0 Å². The lowest BCUT2D eigenvalue weighted by Crippen LogP contribution is -2.31. The molecule has 0 saturated heterocycles. The first kappa shape index (κ1) is 26.1. The molecule has 0 spiro atoms. The Hall–Kier alpha value is -1.96. The predicted octanol–water partition coefficient (Wildman–Crippen LogP) is 2.15. The Morgan fingerprint density at radius 1 is 0.833 bits per heavy atom. The van der Waals surface area contributed by atoms with Gasteiger partial charge in [-0.05, 0) is 37.5 Å². The molecular weight excluding hydrogens is 388 g/mol. The van der Waals surface area contributed by atoms with Crippen molar-refractivity contribution in [3.63, 3.8) is 0 Å². The summed E-state index contributed by atoms with van der Waals surface area (Å²) in [7, 11) is 1.54. The predicted molar refractivity (Wildman–Crippen MR) is 113 cm³/mol. The molecule has 0 aromatic rings. The third kappa shape index (κ3) is 8.05. The monoisotopic (exact) mass is 426 g/mol. The Labute approximate surface area is 179 Å². The van der Waals surface area contributed by atoms with Gasteiger partial charge in [0.2, 0.25) is 11.8 Å². The molecule has 172 valence electrons. The molecule has 2 fully saturated rings. The van der Waals surface area contributed by atoms with Crippen molar-refractivity contribution >= 4 is 23.6 Å². The van der Waals surface area contributed by atoms with Crippen LogP contribution in [0.3, 0.4) is 0 Å². The van der Waals surface area contributed by atoms with Gasteiger partial charge in [-0.15, -0.1) is 0 Å². The van der Waals surface area contributed by atoms with Crippen molar-refractivity contribution in [2.24, 2.45) is 23.7 Å². The van der Waals surface area contributed by atoms with Crippen molar-refractivity contribution in [2.45, 2.75) is 78.3 Å². The molecule has 0 radical (unpaired) electrons. The maximum atomic E-state index is 11.8. The van der Waals surface area contributed by atoms with Gasteiger partial charge in [0, 0.05) is 39.0 Å². The number of carboxylic acid groups (broad SMARTS) is 1. The highest BCUT2D eigenvalue weighted by Crippen LogP contribution is 2.35. The van der Waals surface area contributed by atoms with Crippen molar-refractivity contribution in [2.75, 3.05) is 13.7 Å². The molecule has 0 heterocycles. The molecule has 2 amide bonds. The lowest BCUT2D eigenvalue weighted by Gasteiger charge is -2.15. The fraction of sp³-hybridized carbons (Fsp3) is 0.818. The normalized spacial score (nSPS) is 30.2. The largest absolute Gasteiger partial charge is 0.481 e. The Morgan fingerprint density at radius 2 is 1.27 bits per heavy atom. The Bertz CT molecular complexity index is 608. The van der Waals surface area contributed by atoms with Crippen LogP contribution in [-0.2, 0) is 23.9 Å². The SMILES string of the molecule is CC[C@@H]1C[C@H](NC(C)=O)C[C@@H]1C(=O)COC.CC[C@@H]1C[C@H](NC(C)=O)C[C@@H]1C(=O)O. The van der Waals surface area contributed by atoms with E-state index in [4.69, 9.17) is 9.84 Å². The molecule has 0 bridgehead atoms. The summed E-state index contributed by atoms with van der Waals surface area (Å²) in [5.41, 5.74) is 0. The summed E-state index contributed by atoms with van der Waals surface area (Å²) in [5, 5.41) is 14.6. The van der Waals surface area contributed by atoms with Crippen molar-refractivity contribution in [1.82, 2.24) is 10.6 Å². The molecular formula is C22H38N2O6. The summed E-state index contributed by atoms with van der Waals surface area (Å²) < 4.78 is 4.89. The highest BCUT2D eigenvalue weighted by atomic mass is 16.5. The number of methoxy groups -OCH3 is 1. The topological polar surface area (TPSA) is 122 Å². The van der Waals surface area contributed by atoms with Crippen LogP contribution in [0.5, 0.6) is 0 Å². The fourth-order valence-corrected chi connectivity index (χ4v) is 4.91. The summed E-state index contributed by atoms with van der Waals surface area (Å²) in [5.74, 6) is -0.273. The van der Waals surface area contributed by atoms with Gasteiger partial charge in [-0.1, -0.05) is 26.7 Å². The third-order valence-corrected chi connectivity index (χ3v) is 6.27. The van der Waals surface area contributed by atoms with Gasteiger partial charge in [0.1, 0.15) is 6.61 Å². The number of aliphatic carboxylic acids is 1. The van der Waals surface area contributed by atoms with Gasteiger partial charge in [-0.25, -0.2) is 0 Å². The van der Waals surface area contributed by atoms with Crippen LogP contribution in [0, 0.1) is 23.7 Å². The number of carbonyl (C=O) groups excluding carboxylic acids is 3. The molecule has 0 aromatic carbocycles. The van der Waals surface area contributed by atoms with Crippen molar-refractivity contribution in [1.29, 1.82) is 0 Å². The lowest BCUT2D eigenvalue weighted by atomic mass is 9.90. The molecule has 6 atom stereocenters. The Kier molecular flexibility index (Phi) is 11.0. The second-order valence-electron chi connectivity index (χ2n) is 8.52. The van der Waals surface area contributed by atoms with E-state index < -0.39 is 5.97 Å². The van der Waals surface area contributed by atoms with Gasteiger partial charge in [-0.3, -0.25) is 19.2 Å². The van der Waals surface area contributed by atoms with E-state index in [-0.39, 0.29) is 54.0 Å². The molecule has 2 aliphatic carbocycles. The Morgan fingerprint density at radius 3 is 1.60 bits per heavy atom. The number of hydrogen-bond donors (Lipinski definition) is 3. The van der Waals surface area contributed by atoms with E-state index in [0.29, 0.717) is 12.3 Å². The number of rotatable bonds is 8. The molecule has 2 rings (SSSR count). The van der Waals surface area contributed by atoms with Crippen LogP contribution in [0.4, 0.5) is 0 Å². The van der Waals surface area contributed by atoms with Crippen molar-refractivity contribution < 1.29 is 29.0 Å². The summed E-state index contributed by atoms with van der Waals surface area (Å²) in [4.78, 5) is 44.5. The maximum absolute atomic E-state index is 11.8. The minimum atomic E-state index is -0.732. The van der Waals surface area contributed by atoms with E-state index in [0.717, 1.165) is 32.1 Å². The number of hydrogen-bond acceptors (Lipinski definition) is 5. The first-order valence-corrected chi connectivity index (χ1v) is 10.9. The third-order valence-electron chi connectivity index (χ3n) is 6.27. The van der Waals surface area contributed by atoms with E-state index in [9.17, 15) is 19.2 Å². The van der Waals surface area contributed by atoms with E-state index in [1.807, 2.05) is 6.92 Å². The summed E-state index contributed by atoms with van der Waals surface area (Å²) in [6.45, 7) is 7.26.